The van der Waals surface area contributed by atoms with Gasteiger partial charge < -0.3 is 14.7 Å². The molecule has 0 radical (unpaired) electrons. The van der Waals surface area contributed by atoms with Gasteiger partial charge in [0.05, 0.1) is 0 Å². The maximum Gasteiger partial charge on any atom is 0.227 e. The first-order valence-electron chi connectivity index (χ1n) is 9.91. The van der Waals surface area contributed by atoms with Gasteiger partial charge in [0.1, 0.15) is 5.82 Å². The summed E-state index contributed by atoms with van der Waals surface area (Å²) in [6, 6.07) is 22.6. The van der Waals surface area contributed by atoms with E-state index in [1.165, 1.54) is 5.56 Å². The standard InChI is InChI=1S/C23H25N5O/c1-19(29)26-14-16-27(17-15-26)23-24-13-12-22(25-23)28(21-10-6-3-7-11-21)18-20-8-4-2-5-9-20/h2-13H,14-18H2,1H3. The number of aromatic nitrogens is 2. The molecule has 1 aliphatic heterocycles. The van der Waals surface area contributed by atoms with Crippen LogP contribution in [-0.2, 0) is 11.3 Å². The minimum atomic E-state index is 0.123. The fourth-order valence-corrected chi connectivity index (χ4v) is 3.54. The van der Waals surface area contributed by atoms with Gasteiger partial charge in [0, 0.05) is 51.5 Å². The molecule has 1 aromatic heterocycles. The van der Waals surface area contributed by atoms with Gasteiger partial charge in [0.25, 0.3) is 0 Å². The van der Waals surface area contributed by atoms with Gasteiger partial charge in [0.15, 0.2) is 0 Å². The molecule has 0 spiro atoms. The lowest BCUT2D eigenvalue weighted by atomic mass is 10.2. The van der Waals surface area contributed by atoms with E-state index < -0.39 is 0 Å². The Morgan fingerprint density at radius 3 is 2.24 bits per heavy atom. The lowest BCUT2D eigenvalue weighted by Crippen LogP contribution is -2.48. The van der Waals surface area contributed by atoms with Gasteiger partial charge in [0.2, 0.25) is 11.9 Å². The van der Waals surface area contributed by atoms with Gasteiger partial charge in [-0.15, -0.1) is 0 Å². The van der Waals surface area contributed by atoms with Crippen molar-refractivity contribution in [2.24, 2.45) is 0 Å². The molecule has 6 nitrogen and oxygen atoms in total. The Morgan fingerprint density at radius 2 is 1.59 bits per heavy atom. The highest BCUT2D eigenvalue weighted by Crippen LogP contribution is 2.27. The molecule has 0 atom stereocenters. The minimum Gasteiger partial charge on any atom is -0.339 e. The summed E-state index contributed by atoms with van der Waals surface area (Å²) in [6.07, 6.45) is 1.82. The normalized spacial score (nSPS) is 14.0. The van der Waals surface area contributed by atoms with E-state index in [9.17, 15) is 4.79 Å². The van der Waals surface area contributed by atoms with Crippen molar-refractivity contribution in [1.82, 2.24) is 14.9 Å². The van der Waals surface area contributed by atoms with Crippen LogP contribution >= 0.6 is 0 Å². The second-order valence-corrected chi connectivity index (χ2v) is 7.12. The molecule has 29 heavy (non-hydrogen) atoms. The van der Waals surface area contributed by atoms with E-state index >= 15 is 0 Å². The smallest absolute Gasteiger partial charge is 0.227 e. The van der Waals surface area contributed by atoms with Crippen LogP contribution in [0, 0.1) is 0 Å². The number of hydrogen-bond donors (Lipinski definition) is 0. The maximum absolute atomic E-state index is 11.6. The van der Waals surface area contributed by atoms with Gasteiger partial charge >= 0.3 is 0 Å². The second-order valence-electron chi connectivity index (χ2n) is 7.12. The number of piperazine rings is 1. The average Bonchev–Trinajstić information content (AvgIpc) is 2.79. The highest BCUT2D eigenvalue weighted by atomic mass is 16.2. The van der Waals surface area contributed by atoms with Crippen LogP contribution < -0.4 is 9.80 Å². The second kappa shape index (κ2) is 8.73. The van der Waals surface area contributed by atoms with Crippen molar-refractivity contribution in [3.05, 3.63) is 78.5 Å². The van der Waals surface area contributed by atoms with Crippen LogP contribution in [0.3, 0.4) is 0 Å². The summed E-state index contributed by atoms with van der Waals surface area (Å²) in [5.74, 6) is 1.69. The van der Waals surface area contributed by atoms with Gasteiger partial charge in [-0.1, -0.05) is 48.5 Å². The average molecular weight is 387 g/mol. The van der Waals surface area contributed by atoms with E-state index in [0.717, 1.165) is 31.1 Å². The first-order valence-corrected chi connectivity index (χ1v) is 9.91. The van der Waals surface area contributed by atoms with Crippen LogP contribution in [0.1, 0.15) is 12.5 Å². The molecule has 0 aliphatic carbocycles. The first-order chi connectivity index (χ1) is 14.2. The summed E-state index contributed by atoms with van der Waals surface area (Å²) in [4.78, 5) is 27.2. The molecule has 1 amide bonds. The van der Waals surface area contributed by atoms with Gasteiger partial charge in [-0.3, -0.25) is 4.79 Å². The molecule has 4 rings (SSSR count). The van der Waals surface area contributed by atoms with Crippen LogP contribution in [0.2, 0.25) is 0 Å². The highest BCUT2D eigenvalue weighted by Gasteiger charge is 2.21. The van der Waals surface area contributed by atoms with Crippen molar-refractivity contribution in [2.45, 2.75) is 13.5 Å². The molecule has 0 unspecified atom stereocenters. The molecule has 0 saturated carbocycles. The van der Waals surface area contributed by atoms with Crippen LogP contribution in [-0.4, -0.2) is 47.0 Å². The quantitative estimate of drug-likeness (QED) is 0.671. The number of amides is 1. The zero-order chi connectivity index (χ0) is 20.1. The minimum absolute atomic E-state index is 0.123. The first kappa shape index (κ1) is 18.9. The number of carbonyl (C=O) groups is 1. The largest absolute Gasteiger partial charge is 0.339 e. The topological polar surface area (TPSA) is 52.6 Å². The Labute approximate surface area is 171 Å². The predicted octanol–water partition coefficient (Wildman–Crippen LogP) is 3.48. The Balaban J connectivity index is 1.60. The van der Waals surface area contributed by atoms with Crippen molar-refractivity contribution in [3.8, 4) is 0 Å². The Bertz CT molecular complexity index is 940. The Morgan fingerprint density at radius 1 is 0.931 bits per heavy atom. The number of para-hydroxylation sites is 1. The molecule has 0 bridgehead atoms. The van der Waals surface area contributed by atoms with Crippen LogP contribution in [0.15, 0.2) is 72.9 Å². The predicted molar refractivity (Wildman–Crippen MR) is 115 cm³/mol. The van der Waals surface area contributed by atoms with Crippen molar-refractivity contribution >= 4 is 23.4 Å². The van der Waals surface area contributed by atoms with Crippen molar-refractivity contribution in [2.75, 3.05) is 36.0 Å². The monoisotopic (exact) mass is 387 g/mol. The highest BCUT2D eigenvalue weighted by molar-refractivity contribution is 5.73. The van der Waals surface area contributed by atoms with E-state index in [0.29, 0.717) is 19.0 Å². The van der Waals surface area contributed by atoms with Gasteiger partial charge in [-0.25, -0.2) is 4.98 Å². The molecule has 1 saturated heterocycles. The van der Waals surface area contributed by atoms with Gasteiger partial charge in [-0.2, -0.15) is 4.98 Å². The van der Waals surface area contributed by atoms with E-state index in [1.54, 1.807) is 6.92 Å². The zero-order valence-electron chi connectivity index (χ0n) is 16.6. The number of rotatable bonds is 5. The summed E-state index contributed by atoms with van der Waals surface area (Å²) in [7, 11) is 0. The third kappa shape index (κ3) is 4.54. The molecule has 2 aromatic carbocycles. The summed E-state index contributed by atoms with van der Waals surface area (Å²) in [6.45, 7) is 5.23. The number of anilines is 3. The summed E-state index contributed by atoms with van der Waals surface area (Å²) >= 11 is 0. The van der Waals surface area contributed by atoms with Gasteiger partial charge in [-0.05, 0) is 23.8 Å². The third-order valence-corrected chi connectivity index (χ3v) is 5.16. The van der Waals surface area contributed by atoms with E-state index in [1.807, 2.05) is 41.4 Å². The molecule has 6 heteroatoms. The molecular formula is C23H25N5O. The molecular weight excluding hydrogens is 362 g/mol. The maximum atomic E-state index is 11.6. The van der Waals surface area contributed by atoms with Crippen LogP contribution in [0.4, 0.5) is 17.5 Å². The van der Waals surface area contributed by atoms with Crippen molar-refractivity contribution < 1.29 is 4.79 Å². The molecule has 1 aliphatic rings. The fraction of sp³-hybridized carbons (Fsp3) is 0.261. The number of benzene rings is 2. The lowest BCUT2D eigenvalue weighted by molar-refractivity contribution is -0.129. The number of nitrogens with zero attached hydrogens (tertiary/aromatic N) is 5. The van der Waals surface area contributed by atoms with E-state index in [-0.39, 0.29) is 5.91 Å². The lowest BCUT2D eigenvalue weighted by Gasteiger charge is -2.34. The third-order valence-electron chi connectivity index (χ3n) is 5.16. The summed E-state index contributed by atoms with van der Waals surface area (Å²) < 4.78 is 0. The van der Waals surface area contributed by atoms with E-state index in [2.05, 4.69) is 51.2 Å². The number of carbonyl (C=O) groups excluding carboxylic acids is 1. The summed E-state index contributed by atoms with van der Waals surface area (Å²) in [5, 5.41) is 0. The zero-order valence-corrected chi connectivity index (χ0v) is 16.6. The molecule has 0 N–H and O–H groups in total. The summed E-state index contributed by atoms with van der Waals surface area (Å²) in [5.41, 5.74) is 2.30. The van der Waals surface area contributed by atoms with Crippen LogP contribution in [0.5, 0.6) is 0 Å². The van der Waals surface area contributed by atoms with Crippen molar-refractivity contribution in [3.63, 3.8) is 0 Å². The molecule has 148 valence electrons. The Kier molecular flexibility index (Phi) is 5.70. The Hall–Kier alpha value is -3.41. The number of hydrogen-bond acceptors (Lipinski definition) is 5. The van der Waals surface area contributed by atoms with E-state index in [4.69, 9.17) is 4.98 Å². The van der Waals surface area contributed by atoms with Crippen LogP contribution in [0.25, 0.3) is 0 Å². The SMILES string of the molecule is CC(=O)N1CCN(c2nccc(N(Cc3ccccc3)c3ccccc3)n2)CC1. The molecule has 2 heterocycles. The molecule has 1 fully saturated rings. The molecule has 3 aromatic rings. The fourth-order valence-electron chi connectivity index (χ4n) is 3.54. The van der Waals surface area contributed by atoms with Crippen molar-refractivity contribution in [1.29, 1.82) is 0 Å².